The van der Waals surface area contributed by atoms with Crippen molar-refractivity contribution in [2.45, 2.75) is 26.2 Å². The molecule has 2 heterocycles. The van der Waals surface area contributed by atoms with Gasteiger partial charge in [0, 0.05) is 36.2 Å². The molecule has 3 aromatic rings. The largest absolute Gasteiger partial charge is 0.398 e. The number of rotatable bonds is 4. The van der Waals surface area contributed by atoms with Crippen LogP contribution in [0.25, 0.3) is 11.3 Å². The number of aromatic amines is 1. The number of nitrogens with zero attached hydrogens (tertiary/aromatic N) is 2. The lowest BCUT2D eigenvalue weighted by Gasteiger charge is -2.30. The molecule has 1 fully saturated rings. The highest BCUT2D eigenvalue weighted by Crippen LogP contribution is 2.30. The van der Waals surface area contributed by atoms with E-state index in [1.807, 2.05) is 43.3 Å². The van der Waals surface area contributed by atoms with E-state index in [1.165, 1.54) is 19.3 Å². The molecule has 0 saturated carbocycles. The van der Waals surface area contributed by atoms with Crippen molar-refractivity contribution in [1.29, 1.82) is 0 Å². The third-order valence-corrected chi connectivity index (χ3v) is 5.43. The second kappa shape index (κ2) is 7.87. The molecule has 1 saturated heterocycles. The van der Waals surface area contributed by atoms with Crippen molar-refractivity contribution in [1.82, 2.24) is 9.97 Å². The van der Waals surface area contributed by atoms with E-state index in [0.29, 0.717) is 17.1 Å². The summed E-state index contributed by atoms with van der Waals surface area (Å²) < 4.78 is 0. The summed E-state index contributed by atoms with van der Waals surface area (Å²) in [6, 6.07) is 11.4. The predicted molar refractivity (Wildman–Crippen MR) is 120 cm³/mol. The quantitative estimate of drug-likeness (QED) is 0.506. The molecule has 150 valence electrons. The van der Waals surface area contributed by atoms with E-state index in [0.717, 1.165) is 35.6 Å². The number of hydrogen-bond donors (Lipinski definition) is 4. The lowest BCUT2D eigenvalue weighted by Crippen LogP contribution is -2.30. The van der Waals surface area contributed by atoms with Gasteiger partial charge in [-0.2, -0.15) is 0 Å². The normalized spacial score (nSPS) is 14.0. The van der Waals surface area contributed by atoms with Gasteiger partial charge in [-0.1, -0.05) is 12.1 Å². The van der Waals surface area contributed by atoms with Crippen LogP contribution >= 0.6 is 0 Å². The molecule has 0 radical (unpaired) electrons. The van der Waals surface area contributed by atoms with Crippen molar-refractivity contribution >= 4 is 28.6 Å². The maximum atomic E-state index is 12.3. The Bertz CT molecular complexity index is 1080. The summed E-state index contributed by atoms with van der Waals surface area (Å²) in [5, 5.41) is 3.10. The number of aromatic nitrogens is 2. The SMILES string of the molecule is Cc1c(N)cccc1-c1c[nH]c(=O)c(Nc2ccc(N3CCCCC3)c(N)c2)n1. The monoisotopic (exact) mass is 390 g/mol. The fourth-order valence-electron chi connectivity index (χ4n) is 3.75. The van der Waals surface area contributed by atoms with Crippen molar-refractivity contribution in [3.8, 4) is 11.3 Å². The molecular formula is C22H26N6O. The van der Waals surface area contributed by atoms with Crippen molar-refractivity contribution in [2.75, 3.05) is 34.8 Å². The number of nitrogens with two attached hydrogens (primary N) is 2. The first-order valence-electron chi connectivity index (χ1n) is 9.89. The van der Waals surface area contributed by atoms with Crippen LogP contribution in [0.2, 0.25) is 0 Å². The maximum absolute atomic E-state index is 12.3. The van der Waals surface area contributed by atoms with Crippen LogP contribution in [0.4, 0.5) is 28.6 Å². The highest BCUT2D eigenvalue weighted by Gasteiger charge is 2.14. The van der Waals surface area contributed by atoms with E-state index in [4.69, 9.17) is 11.5 Å². The molecule has 1 aromatic heterocycles. The van der Waals surface area contributed by atoms with Crippen molar-refractivity contribution < 1.29 is 0 Å². The summed E-state index contributed by atoms with van der Waals surface area (Å²) in [6.45, 7) is 3.99. The number of piperidine rings is 1. The van der Waals surface area contributed by atoms with Gasteiger partial charge in [-0.3, -0.25) is 4.79 Å². The molecule has 0 aliphatic carbocycles. The van der Waals surface area contributed by atoms with E-state index in [9.17, 15) is 4.79 Å². The third kappa shape index (κ3) is 3.89. The number of nitrogen functional groups attached to an aromatic ring is 2. The molecule has 0 bridgehead atoms. The number of H-pyrrole nitrogens is 1. The third-order valence-electron chi connectivity index (χ3n) is 5.43. The molecule has 0 spiro atoms. The van der Waals surface area contributed by atoms with Crippen LogP contribution < -0.4 is 27.2 Å². The second-order valence-corrected chi connectivity index (χ2v) is 7.43. The zero-order valence-corrected chi connectivity index (χ0v) is 16.5. The first-order valence-corrected chi connectivity index (χ1v) is 9.89. The first-order chi connectivity index (χ1) is 14.0. The molecule has 1 aliphatic heterocycles. The Labute approximate surface area is 169 Å². The lowest BCUT2D eigenvalue weighted by molar-refractivity contribution is 0.578. The molecule has 2 aromatic carbocycles. The molecular weight excluding hydrogens is 364 g/mol. The van der Waals surface area contributed by atoms with Gasteiger partial charge >= 0.3 is 0 Å². The van der Waals surface area contributed by atoms with Crippen LogP contribution in [0, 0.1) is 6.92 Å². The summed E-state index contributed by atoms with van der Waals surface area (Å²) in [4.78, 5) is 21.9. The van der Waals surface area contributed by atoms with Gasteiger partial charge in [0.1, 0.15) is 0 Å². The van der Waals surface area contributed by atoms with Gasteiger partial charge in [-0.05, 0) is 56.0 Å². The summed E-state index contributed by atoms with van der Waals surface area (Å²) in [6.07, 6.45) is 5.25. The van der Waals surface area contributed by atoms with Crippen LogP contribution in [0.1, 0.15) is 24.8 Å². The molecule has 6 N–H and O–H groups in total. The number of nitrogens with one attached hydrogen (secondary N) is 2. The van der Waals surface area contributed by atoms with Gasteiger partial charge in [0.2, 0.25) is 0 Å². The fraction of sp³-hybridized carbons (Fsp3) is 0.273. The zero-order valence-electron chi connectivity index (χ0n) is 16.5. The predicted octanol–water partition coefficient (Wildman–Crippen LogP) is 3.64. The van der Waals surface area contributed by atoms with Crippen LogP contribution in [-0.4, -0.2) is 23.1 Å². The molecule has 0 unspecified atom stereocenters. The Morgan fingerprint density at radius 2 is 1.86 bits per heavy atom. The van der Waals surface area contributed by atoms with E-state index in [1.54, 1.807) is 6.20 Å². The van der Waals surface area contributed by atoms with E-state index >= 15 is 0 Å². The molecule has 1 aliphatic rings. The minimum absolute atomic E-state index is 0.217. The standard InChI is InChI=1S/C22H26N6O/c1-14-16(6-5-7-17(14)23)19-13-25-22(29)21(27-19)26-15-8-9-20(18(24)12-15)28-10-3-2-4-11-28/h5-9,12-13H,2-4,10-11,23-24H2,1H3,(H,25,29)(H,26,27). The molecule has 0 amide bonds. The average molecular weight is 390 g/mol. The van der Waals surface area contributed by atoms with Gasteiger partial charge in [-0.15, -0.1) is 0 Å². The van der Waals surface area contributed by atoms with Gasteiger partial charge in [0.25, 0.3) is 5.56 Å². The maximum Gasteiger partial charge on any atom is 0.291 e. The average Bonchev–Trinajstić information content (AvgIpc) is 2.73. The lowest BCUT2D eigenvalue weighted by atomic mass is 10.0. The molecule has 4 rings (SSSR count). The van der Waals surface area contributed by atoms with Crippen LogP contribution in [-0.2, 0) is 0 Å². The number of benzene rings is 2. The Kier molecular flexibility index (Phi) is 5.12. The van der Waals surface area contributed by atoms with Crippen molar-refractivity contribution in [2.24, 2.45) is 0 Å². The Morgan fingerprint density at radius 1 is 1.07 bits per heavy atom. The van der Waals surface area contributed by atoms with Crippen LogP contribution in [0.15, 0.2) is 47.4 Å². The highest BCUT2D eigenvalue weighted by molar-refractivity contribution is 5.75. The summed E-state index contributed by atoms with van der Waals surface area (Å²) in [5.74, 6) is 0.217. The number of hydrogen-bond acceptors (Lipinski definition) is 6. The Hall–Kier alpha value is -3.48. The van der Waals surface area contributed by atoms with Gasteiger partial charge in [0.05, 0.1) is 17.1 Å². The summed E-state index contributed by atoms with van der Waals surface area (Å²) in [7, 11) is 0. The minimum Gasteiger partial charge on any atom is -0.398 e. The summed E-state index contributed by atoms with van der Waals surface area (Å²) in [5.41, 5.74) is 17.6. The second-order valence-electron chi connectivity index (χ2n) is 7.43. The Balaban J connectivity index is 1.62. The van der Waals surface area contributed by atoms with Gasteiger partial charge in [-0.25, -0.2) is 4.98 Å². The minimum atomic E-state index is -0.297. The van der Waals surface area contributed by atoms with Crippen LogP contribution in [0.5, 0.6) is 0 Å². The van der Waals surface area contributed by atoms with E-state index < -0.39 is 0 Å². The summed E-state index contributed by atoms with van der Waals surface area (Å²) >= 11 is 0. The number of anilines is 5. The van der Waals surface area contributed by atoms with Gasteiger partial charge < -0.3 is 26.7 Å². The van der Waals surface area contributed by atoms with Crippen molar-refractivity contribution in [3.05, 3.63) is 58.5 Å². The highest BCUT2D eigenvalue weighted by atomic mass is 16.1. The molecule has 0 atom stereocenters. The van der Waals surface area contributed by atoms with E-state index in [-0.39, 0.29) is 11.4 Å². The molecule has 7 heteroatoms. The fourth-order valence-corrected chi connectivity index (χ4v) is 3.75. The van der Waals surface area contributed by atoms with E-state index in [2.05, 4.69) is 20.2 Å². The van der Waals surface area contributed by atoms with Crippen LogP contribution in [0.3, 0.4) is 0 Å². The smallest absolute Gasteiger partial charge is 0.291 e. The zero-order chi connectivity index (χ0) is 20.4. The molecule has 29 heavy (non-hydrogen) atoms. The Morgan fingerprint density at radius 3 is 2.62 bits per heavy atom. The molecule has 7 nitrogen and oxygen atoms in total. The van der Waals surface area contributed by atoms with Crippen molar-refractivity contribution in [3.63, 3.8) is 0 Å². The first kappa shape index (κ1) is 18.9. The topological polar surface area (TPSA) is 113 Å². The van der Waals surface area contributed by atoms with Gasteiger partial charge in [0.15, 0.2) is 5.82 Å².